The van der Waals surface area contributed by atoms with Gasteiger partial charge in [0, 0.05) is 6.54 Å². The van der Waals surface area contributed by atoms with E-state index < -0.39 is 48.2 Å². The maximum Gasteiger partial charge on any atom is 0.408 e. The minimum Gasteiger partial charge on any atom is -0.480 e. The second kappa shape index (κ2) is 19.1. The maximum atomic E-state index is 13.2. The zero-order valence-electron chi connectivity index (χ0n) is 25.0. The summed E-state index contributed by atoms with van der Waals surface area (Å²) in [6.45, 7) is -0.00745. The summed E-state index contributed by atoms with van der Waals surface area (Å²) in [7, 11) is 0. The van der Waals surface area contributed by atoms with E-state index in [-0.39, 0.29) is 32.8 Å². The Labute approximate surface area is 265 Å². The van der Waals surface area contributed by atoms with Crippen LogP contribution in [-0.2, 0) is 48.4 Å². The summed E-state index contributed by atoms with van der Waals surface area (Å²) >= 11 is 0. The molecule has 0 aromatic heterocycles. The number of hydrogen-bond donors (Lipinski definition) is 5. The van der Waals surface area contributed by atoms with Crippen molar-refractivity contribution in [2.45, 2.75) is 57.3 Å². The van der Waals surface area contributed by atoms with Crippen molar-refractivity contribution in [3.8, 4) is 0 Å². The second-order valence-electron chi connectivity index (χ2n) is 10.1. The molecule has 0 saturated carbocycles. The summed E-state index contributed by atoms with van der Waals surface area (Å²) in [5, 5.41) is 27.2. The molecule has 3 aromatic rings. The van der Waals surface area contributed by atoms with E-state index in [1.54, 1.807) is 60.7 Å². The van der Waals surface area contributed by atoms with Crippen LogP contribution >= 0.6 is 0 Å². The van der Waals surface area contributed by atoms with Crippen LogP contribution < -0.4 is 16.0 Å². The third-order valence-electron chi connectivity index (χ3n) is 6.57. The highest BCUT2D eigenvalue weighted by molar-refractivity contribution is 5.92. The number of rotatable bonds is 17. The molecule has 0 bridgehead atoms. The third kappa shape index (κ3) is 12.7. The van der Waals surface area contributed by atoms with Gasteiger partial charge in [-0.25, -0.2) is 19.2 Å². The molecule has 0 heterocycles. The maximum absolute atomic E-state index is 13.2. The first-order valence-electron chi connectivity index (χ1n) is 14.6. The first kappa shape index (κ1) is 35.1. The average molecular weight is 636 g/mol. The van der Waals surface area contributed by atoms with Crippen molar-refractivity contribution >= 4 is 30.0 Å². The number of hydrogen-bond acceptors (Lipinski definition) is 9. The van der Waals surface area contributed by atoms with E-state index in [1.165, 1.54) is 0 Å². The molecule has 0 unspecified atom stereocenters. The van der Waals surface area contributed by atoms with E-state index in [9.17, 15) is 34.2 Å². The lowest BCUT2D eigenvalue weighted by Gasteiger charge is -2.23. The van der Waals surface area contributed by atoms with Crippen LogP contribution in [-0.4, -0.2) is 65.0 Å². The summed E-state index contributed by atoms with van der Waals surface area (Å²) in [5.41, 5.74) is 2.13. The second-order valence-corrected chi connectivity index (χ2v) is 10.1. The van der Waals surface area contributed by atoms with Gasteiger partial charge < -0.3 is 40.4 Å². The summed E-state index contributed by atoms with van der Waals surface area (Å²) < 4.78 is 15.4. The number of aliphatic hydroxyl groups excluding tert-OH is 1. The molecule has 244 valence electrons. The average Bonchev–Trinajstić information content (AvgIpc) is 3.07. The third-order valence-corrected chi connectivity index (χ3v) is 6.57. The Morgan fingerprint density at radius 3 is 1.61 bits per heavy atom. The van der Waals surface area contributed by atoms with Crippen LogP contribution in [0, 0.1) is 0 Å². The van der Waals surface area contributed by atoms with Crippen molar-refractivity contribution in [1.29, 1.82) is 0 Å². The molecule has 0 radical (unpaired) electrons. The van der Waals surface area contributed by atoms with Gasteiger partial charge in [-0.3, -0.25) is 4.79 Å². The molecule has 0 fully saturated rings. The van der Waals surface area contributed by atoms with Crippen molar-refractivity contribution in [1.82, 2.24) is 16.0 Å². The van der Waals surface area contributed by atoms with Crippen LogP contribution in [0.1, 0.15) is 36.0 Å². The fourth-order valence-electron chi connectivity index (χ4n) is 4.09. The van der Waals surface area contributed by atoms with E-state index in [0.29, 0.717) is 24.0 Å². The van der Waals surface area contributed by atoms with Gasteiger partial charge in [-0.15, -0.1) is 0 Å². The van der Waals surface area contributed by atoms with Gasteiger partial charge in [0.25, 0.3) is 0 Å². The van der Waals surface area contributed by atoms with Gasteiger partial charge in [-0.05, 0) is 36.0 Å². The summed E-state index contributed by atoms with van der Waals surface area (Å²) in [4.78, 5) is 62.1. The number of amides is 3. The minimum absolute atomic E-state index is 0.00784. The van der Waals surface area contributed by atoms with Gasteiger partial charge >= 0.3 is 24.1 Å². The van der Waals surface area contributed by atoms with Crippen molar-refractivity contribution in [2.75, 3.05) is 6.54 Å². The zero-order chi connectivity index (χ0) is 33.1. The summed E-state index contributed by atoms with van der Waals surface area (Å²) in [6, 6.07) is 23.1. The normalized spacial score (nSPS) is 12.5. The van der Waals surface area contributed by atoms with E-state index in [2.05, 4.69) is 16.0 Å². The van der Waals surface area contributed by atoms with Crippen molar-refractivity contribution in [3.05, 3.63) is 108 Å². The number of nitrogens with one attached hydrogen (secondary N) is 3. The molecule has 13 nitrogen and oxygen atoms in total. The highest BCUT2D eigenvalue weighted by atomic mass is 16.6. The van der Waals surface area contributed by atoms with E-state index in [4.69, 9.17) is 14.2 Å². The van der Waals surface area contributed by atoms with Gasteiger partial charge in [0.1, 0.15) is 25.9 Å². The number of aliphatic hydroxyl groups is 1. The molecule has 13 heteroatoms. The number of carbonyl (C=O) groups excluding carboxylic acids is 4. The molecule has 0 saturated heterocycles. The fraction of sp³-hybridized carbons (Fsp3) is 0.303. The molecule has 3 atom stereocenters. The molecular weight excluding hydrogens is 598 g/mol. The molecule has 3 rings (SSSR count). The first-order valence-corrected chi connectivity index (χ1v) is 14.6. The lowest BCUT2D eigenvalue weighted by Crippen LogP contribution is -2.57. The number of benzene rings is 3. The Morgan fingerprint density at radius 2 is 1.11 bits per heavy atom. The molecule has 3 aromatic carbocycles. The van der Waals surface area contributed by atoms with Gasteiger partial charge in [0.2, 0.25) is 5.91 Å². The Kier molecular flexibility index (Phi) is 14.5. The molecule has 0 aliphatic rings. The first-order chi connectivity index (χ1) is 22.2. The topological polar surface area (TPSA) is 190 Å². The molecule has 0 spiro atoms. The lowest BCUT2D eigenvalue weighted by molar-refractivity contribution is -0.162. The fourth-order valence-corrected chi connectivity index (χ4v) is 4.09. The molecule has 0 aliphatic carbocycles. The predicted octanol–water partition coefficient (Wildman–Crippen LogP) is 3.05. The summed E-state index contributed by atoms with van der Waals surface area (Å²) in [6.07, 6.45) is -3.12. The van der Waals surface area contributed by atoms with Crippen molar-refractivity contribution in [3.63, 3.8) is 0 Å². The van der Waals surface area contributed by atoms with E-state index in [1.807, 2.05) is 30.3 Å². The lowest BCUT2D eigenvalue weighted by atomic mass is 10.1. The van der Waals surface area contributed by atoms with Crippen LogP contribution in [0.15, 0.2) is 91.0 Å². The van der Waals surface area contributed by atoms with Crippen LogP contribution in [0.3, 0.4) is 0 Å². The van der Waals surface area contributed by atoms with Gasteiger partial charge in [-0.1, -0.05) is 91.0 Å². The number of ether oxygens (including phenoxy) is 3. The Balaban J connectivity index is 1.54. The molecule has 46 heavy (non-hydrogen) atoms. The molecule has 0 aliphatic heterocycles. The van der Waals surface area contributed by atoms with Gasteiger partial charge in [0.05, 0.1) is 0 Å². The van der Waals surface area contributed by atoms with Gasteiger partial charge in [-0.2, -0.15) is 0 Å². The van der Waals surface area contributed by atoms with Crippen molar-refractivity contribution in [2.24, 2.45) is 0 Å². The Hall–Kier alpha value is -5.43. The van der Waals surface area contributed by atoms with E-state index in [0.717, 1.165) is 5.56 Å². The highest BCUT2D eigenvalue weighted by Crippen LogP contribution is 2.08. The van der Waals surface area contributed by atoms with Gasteiger partial charge in [0.15, 0.2) is 12.1 Å². The number of esters is 1. The number of alkyl carbamates (subject to hydrolysis) is 2. The highest BCUT2D eigenvalue weighted by Gasteiger charge is 2.36. The number of carboxylic acid groups (broad SMARTS) is 1. The van der Waals surface area contributed by atoms with Crippen LogP contribution in [0.2, 0.25) is 0 Å². The van der Waals surface area contributed by atoms with Crippen LogP contribution in [0.25, 0.3) is 0 Å². The molecule has 5 N–H and O–H groups in total. The molecular formula is C33H37N3O10. The predicted molar refractivity (Wildman–Crippen MR) is 164 cm³/mol. The smallest absolute Gasteiger partial charge is 0.408 e. The standard InChI is InChI=1S/C33H37N3O10/c37-28(31(41)44-20-23-12-4-1-5-13-23)27(30(39)40)36-29(38)26(35-33(43)46-22-25-16-8-3-9-17-25)18-10-11-19-34-32(42)45-21-24-14-6-2-7-15-24/h1-9,12-17,26-28,37H,10-11,18-22H2,(H,34,42)(H,35,43)(H,36,38)(H,39,40)/t26-,27+,28+/m0/s1. The van der Waals surface area contributed by atoms with Crippen molar-refractivity contribution < 1.29 is 48.4 Å². The quantitative estimate of drug-likeness (QED) is 0.0837. The number of unbranched alkanes of at least 4 members (excludes halogenated alkanes) is 1. The Morgan fingerprint density at radius 1 is 0.630 bits per heavy atom. The number of carbonyl (C=O) groups is 5. The monoisotopic (exact) mass is 635 g/mol. The Bertz CT molecular complexity index is 1410. The van der Waals surface area contributed by atoms with E-state index >= 15 is 0 Å². The minimum atomic E-state index is -2.23. The summed E-state index contributed by atoms with van der Waals surface area (Å²) in [5.74, 6) is -3.93. The number of carboxylic acids is 1. The zero-order valence-corrected chi connectivity index (χ0v) is 25.0. The largest absolute Gasteiger partial charge is 0.480 e. The molecule has 3 amide bonds. The van der Waals surface area contributed by atoms with Crippen LogP contribution in [0.4, 0.5) is 9.59 Å². The number of aliphatic carboxylic acids is 1. The van der Waals surface area contributed by atoms with Crippen LogP contribution in [0.5, 0.6) is 0 Å². The SMILES string of the molecule is O=C(NCCCC[C@H](NC(=O)OCc1ccccc1)C(=O)N[C@@H](C(=O)O)[C@@H](O)C(=O)OCc1ccccc1)OCc1ccccc1.